The molecule has 1 aromatic carbocycles. The molecule has 1 unspecified atom stereocenters. The van der Waals surface area contributed by atoms with E-state index in [2.05, 4.69) is 5.32 Å². The van der Waals surface area contributed by atoms with E-state index >= 15 is 0 Å². The summed E-state index contributed by atoms with van der Waals surface area (Å²) < 4.78 is 33.3. The number of benzene rings is 1. The van der Waals surface area contributed by atoms with Gasteiger partial charge in [0.25, 0.3) is 0 Å². The van der Waals surface area contributed by atoms with Crippen LogP contribution in [0.25, 0.3) is 0 Å². The van der Waals surface area contributed by atoms with E-state index in [1.165, 1.54) is 11.9 Å². The van der Waals surface area contributed by atoms with Gasteiger partial charge >= 0.3 is 0 Å². The monoisotopic (exact) mass is 286 g/mol. The number of likely N-dealkylation sites (N-methyl/N-ethyl adjacent to an activating group) is 1. The van der Waals surface area contributed by atoms with Crippen LogP contribution in [0.3, 0.4) is 0 Å². The zero-order valence-corrected chi connectivity index (χ0v) is 11.0. The normalized spacial score (nSPS) is 19.0. The zero-order valence-electron chi connectivity index (χ0n) is 11.0. The molecular weight excluding hydrogens is 270 g/mol. The number of amides is 1. The van der Waals surface area contributed by atoms with Gasteiger partial charge < -0.3 is 20.1 Å². The highest BCUT2D eigenvalue weighted by Crippen LogP contribution is 2.28. The van der Waals surface area contributed by atoms with Crippen molar-refractivity contribution in [1.29, 1.82) is 0 Å². The minimum atomic E-state index is -0.801. The number of anilines is 1. The maximum absolute atomic E-state index is 14.1. The first kappa shape index (κ1) is 14.7. The van der Waals surface area contributed by atoms with Crippen molar-refractivity contribution in [3.63, 3.8) is 0 Å². The molecule has 1 aliphatic rings. The van der Waals surface area contributed by atoms with Crippen LogP contribution in [0.15, 0.2) is 12.1 Å². The van der Waals surface area contributed by atoms with E-state index in [0.717, 1.165) is 12.1 Å². The average molecular weight is 286 g/mol. The number of aliphatic hydroxyl groups excluding tert-OH is 1. The summed E-state index contributed by atoms with van der Waals surface area (Å²) in [4.78, 5) is 13.1. The Morgan fingerprint density at radius 3 is 2.70 bits per heavy atom. The van der Waals surface area contributed by atoms with E-state index in [9.17, 15) is 13.6 Å². The lowest BCUT2D eigenvalue weighted by atomic mass is 10.1. The maximum Gasteiger partial charge on any atom is 0.244 e. The first-order chi connectivity index (χ1) is 9.58. The summed E-state index contributed by atoms with van der Waals surface area (Å²) in [6.45, 7) is 0.120. The Labute approximate surface area is 115 Å². The molecule has 0 aromatic heterocycles. The number of hydrogen-bond donors (Lipinski definition) is 2. The summed E-state index contributed by atoms with van der Waals surface area (Å²) in [6, 6.07) is 1.35. The zero-order chi connectivity index (χ0) is 14.7. The topological polar surface area (TPSA) is 61.8 Å². The average Bonchev–Trinajstić information content (AvgIpc) is 2.46. The van der Waals surface area contributed by atoms with Crippen LogP contribution in [-0.4, -0.2) is 43.9 Å². The third kappa shape index (κ3) is 2.73. The number of hydrogen-bond acceptors (Lipinski definition) is 4. The Morgan fingerprint density at radius 2 is 2.15 bits per heavy atom. The molecule has 1 atom stereocenters. The molecule has 1 heterocycles. The van der Waals surface area contributed by atoms with E-state index in [-0.39, 0.29) is 36.9 Å². The molecule has 2 rings (SSSR count). The van der Waals surface area contributed by atoms with Crippen molar-refractivity contribution in [2.24, 2.45) is 0 Å². The highest BCUT2D eigenvalue weighted by molar-refractivity contribution is 5.85. The minimum Gasteiger partial charge on any atom is -0.392 e. The third-order valence-corrected chi connectivity index (χ3v) is 3.22. The minimum absolute atomic E-state index is 0.0697. The van der Waals surface area contributed by atoms with Crippen LogP contribution in [0.4, 0.5) is 14.5 Å². The van der Waals surface area contributed by atoms with Gasteiger partial charge in [0.2, 0.25) is 5.91 Å². The Hall–Kier alpha value is -1.73. The third-order valence-electron chi connectivity index (χ3n) is 3.22. The fourth-order valence-corrected chi connectivity index (χ4v) is 2.24. The number of nitrogens with zero attached hydrogens (tertiary/aromatic N) is 1. The first-order valence-electron chi connectivity index (χ1n) is 6.23. The number of carbonyl (C=O) groups excluding carboxylic acids is 1. The molecule has 0 aliphatic carbocycles. The number of nitrogens with one attached hydrogen (secondary N) is 1. The van der Waals surface area contributed by atoms with Crippen LogP contribution in [0.1, 0.15) is 5.56 Å². The lowest BCUT2D eigenvalue weighted by molar-refractivity contribution is -0.124. The molecule has 2 N–H and O–H groups in total. The summed E-state index contributed by atoms with van der Waals surface area (Å²) in [5.74, 6) is -1.97. The van der Waals surface area contributed by atoms with Crippen molar-refractivity contribution in [3.05, 3.63) is 29.3 Å². The highest BCUT2D eigenvalue weighted by Gasteiger charge is 2.32. The molecule has 1 aromatic rings. The van der Waals surface area contributed by atoms with Gasteiger partial charge in [-0.1, -0.05) is 0 Å². The Bertz CT molecular complexity index is 487. The number of halogens is 2. The molecule has 5 nitrogen and oxygen atoms in total. The molecule has 1 fully saturated rings. The predicted octanol–water partition coefficient (Wildman–Crippen LogP) is 0.408. The number of rotatable bonds is 3. The second-order valence-electron chi connectivity index (χ2n) is 4.46. The number of morpholine rings is 1. The van der Waals surface area contributed by atoms with Crippen molar-refractivity contribution in [3.8, 4) is 0 Å². The lowest BCUT2D eigenvalue weighted by Gasteiger charge is -2.36. The summed E-state index contributed by atoms with van der Waals surface area (Å²) in [5, 5.41) is 11.4. The van der Waals surface area contributed by atoms with Crippen LogP contribution in [0.2, 0.25) is 0 Å². The second-order valence-corrected chi connectivity index (χ2v) is 4.46. The van der Waals surface area contributed by atoms with Gasteiger partial charge in [-0.25, -0.2) is 8.78 Å². The summed E-state index contributed by atoms with van der Waals surface area (Å²) >= 11 is 0. The van der Waals surface area contributed by atoms with Gasteiger partial charge in [-0.15, -0.1) is 0 Å². The van der Waals surface area contributed by atoms with Crippen LogP contribution in [0.5, 0.6) is 0 Å². The number of ether oxygens (including phenoxy) is 1. The van der Waals surface area contributed by atoms with Gasteiger partial charge in [0.1, 0.15) is 23.4 Å². The fourth-order valence-electron chi connectivity index (χ4n) is 2.24. The van der Waals surface area contributed by atoms with Crippen molar-refractivity contribution in [1.82, 2.24) is 5.32 Å². The van der Waals surface area contributed by atoms with E-state index in [1.807, 2.05) is 0 Å². The maximum atomic E-state index is 14.1. The lowest BCUT2D eigenvalue weighted by Crippen LogP contribution is -2.54. The molecule has 1 aliphatic heterocycles. The summed E-state index contributed by atoms with van der Waals surface area (Å²) in [5.41, 5.74) is -0.118. The molecule has 20 heavy (non-hydrogen) atoms. The molecule has 1 amide bonds. The van der Waals surface area contributed by atoms with Gasteiger partial charge in [-0.2, -0.15) is 0 Å². The molecule has 0 radical (unpaired) electrons. The van der Waals surface area contributed by atoms with Gasteiger partial charge in [-0.05, 0) is 17.7 Å². The molecule has 110 valence electrons. The molecule has 7 heteroatoms. The quantitative estimate of drug-likeness (QED) is 0.845. The standard InChI is InChI=1S/C13H16F2N2O3/c1-16-13(19)11-7-20-3-2-17(11)12-9(14)4-8(6-18)5-10(12)15/h4-5,11,18H,2-3,6-7H2,1H3,(H,16,19). The van der Waals surface area contributed by atoms with Gasteiger partial charge in [0.05, 0.1) is 19.8 Å². The Morgan fingerprint density at radius 1 is 1.50 bits per heavy atom. The summed E-state index contributed by atoms with van der Waals surface area (Å²) in [6.07, 6.45) is 0. The van der Waals surface area contributed by atoms with Crippen LogP contribution < -0.4 is 10.2 Å². The van der Waals surface area contributed by atoms with E-state index < -0.39 is 24.3 Å². The van der Waals surface area contributed by atoms with Crippen LogP contribution in [0, 0.1) is 11.6 Å². The Balaban J connectivity index is 2.40. The first-order valence-corrected chi connectivity index (χ1v) is 6.23. The van der Waals surface area contributed by atoms with Gasteiger partial charge in [0.15, 0.2) is 0 Å². The summed E-state index contributed by atoms with van der Waals surface area (Å²) in [7, 11) is 1.46. The fraction of sp³-hybridized carbons (Fsp3) is 0.462. The van der Waals surface area contributed by atoms with Crippen LogP contribution >= 0.6 is 0 Å². The SMILES string of the molecule is CNC(=O)C1COCCN1c1c(F)cc(CO)cc1F. The molecule has 0 spiro atoms. The van der Waals surface area contributed by atoms with E-state index in [0.29, 0.717) is 0 Å². The smallest absolute Gasteiger partial charge is 0.244 e. The van der Waals surface area contributed by atoms with Gasteiger partial charge in [-0.3, -0.25) is 4.79 Å². The Kier molecular flexibility index (Phi) is 4.51. The second kappa shape index (κ2) is 6.15. The van der Waals surface area contributed by atoms with E-state index in [4.69, 9.17) is 9.84 Å². The van der Waals surface area contributed by atoms with Gasteiger partial charge in [0, 0.05) is 13.6 Å². The number of carbonyl (C=O) groups is 1. The van der Waals surface area contributed by atoms with Crippen molar-refractivity contribution >= 4 is 11.6 Å². The van der Waals surface area contributed by atoms with Crippen molar-refractivity contribution < 1.29 is 23.4 Å². The molecule has 0 bridgehead atoms. The van der Waals surface area contributed by atoms with Crippen LogP contribution in [-0.2, 0) is 16.1 Å². The van der Waals surface area contributed by atoms with Crippen molar-refractivity contribution in [2.45, 2.75) is 12.6 Å². The van der Waals surface area contributed by atoms with E-state index in [1.54, 1.807) is 0 Å². The highest BCUT2D eigenvalue weighted by atomic mass is 19.1. The largest absolute Gasteiger partial charge is 0.392 e. The number of aliphatic hydroxyl groups is 1. The molecule has 0 saturated carbocycles. The molecule has 1 saturated heterocycles. The molecular formula is C13H16F2N2O3. The predicted molar refractivity (Wildman–Crippen MR) is 68.3 cm³/mol. The van der Waals surface area contributed by atoms with Crippen molar-refractivity contribution in [2.75, 3.05) is 31.7 Å².